The van der Waals surface area contributed by atoms with Crippen LogP contribution < -0.4 is 10.6 Å². The van der Waals surface area contributed by atoms with Crippen LogP contribution in [0, 0.1) is 0 Å². The van der Waals surface area contributed by atoms with E-state index in [4.69, 9.17) is 0 Å². The summed E-state index contributed by atoms with van der Waals surface area (Å²) in [6.07, 6.45) is 0. The molecular formula is C18H20N2O4S2. The van der Waals surface area contributed by atoms with Gasteiger partial charge in [0.15, 0.2) is 11.5 Å². The molecule has 26 heavy (non-hydrogen) atoms. The second-order valence-electron chi connectivity index (χ2n) is 6.37. The van der Waals surface area contributed by atoms with Crippen LogP contribution in [0.4, 0.5) is 0 Å². The Balaban J connectivity index is 2.04. The third kappa shape index (κ3) is 4.64. The molecule has 4 N–H and O–H groups in total. The first-order valence-corrected chi connectivity index (χ1v) is 8.64. The molecule has 0 aliphatic rings. The van der Waals surface area contributed by atoms with E-state index < -0.39 is 17.2 Å². The summed E-state index contributed by atoms with van der Waals surface area (Å²) in [6, 6.07) is 9.19. The van der Waals surface area contributed by atoms with Gasteiger partial charge in [-0.1, -0.05) is 12.1 Å². The van der Waals surface area contributed by atoms with Gasteiger partial charge in [-0.15, -0.1) is 25.3 Å². The number of amides is 2. The van der Waals surface area contributed by atoms with E-state index in [1.165, 1.54) is 18.2 Å². The Morgan fingerprint density at radius 2 is 1.62 bits per heavy atom. The van der Waals surface area contributed by atoms with Crippen LogP contribution in [-0.2, 0) is 0 Å². The fourth-order valence-corrected chi connectivity index (χ4v) is 2.70. The van der Waals surface area contributed by atoms with E-state index in [1.807, 2.05) is 0 Å². The van der Waals surface area contributed by atoms with E-state index in [0.29, 0.717) is 15.4 Å². The lowest BCUT2D eigenvalue weighted by Crippen LogP contribution is -2.51. The van der Waals surface area contributed by atoms with Crippen molar-refractivity contribution >= 4 is 37.1 Å². The molecule has 0 atom stereocenters. The van der Waals surface area contributed by atoms with Crippen molar-refractivity contribution in [3.05, 3.63) is 47.5 Å². The van der Waals surface area contributed by atoms with Crippen LogP contribution in [-0.4, -0.2) is 34.1 Å². The van der Waals surface area contributed by atoms with Gasteiger partial charge < -0.3 is 20.8 Å². The van der Waals surface area contributed by atoms with Gasteiger partial charge in [0, 0.05) is 16.3 Å². The average molecular weight is 393 g/mol. The summed E-state index contributed by atoms with van der Waals surface area (Å²) in [5, 5.41) is 24.7. The second-order valence-corrected chi connectivity index (χ2v) is 7.30. The SMILES string of the molecule is CC(C)(CNC(=O)c1cccc(S)c1S)NC(=O)c1cccc(O)c1O. The molecule has 0 fully saturated rings. The highest BCUT2D eigenvalue weighted by atomic mass is 32.1. The van der Waals surface area contributed by atoms with Crippen LogP contribution in [0.15, 0.2) is 46.2 Å². The summed E-state index contributed by atoms with van der Waals surface area (Å²) < 4.78 is 0. The largest absolute Gasteiger partial charge is 0.504 e. The van der Waals surface area contributed by atoms with Crippen LogP contribution >= 0.6 is 25.3 Å². The van der Waals surface area contributed by atoms with E-state index in [0.717, 1.165) is 0 Å². The number of aromatic hydroxyl groups is 2. The predicted octanol–water partition coefficient (Wildman–Crippen LogP) is 2.61. The molecule has 0 unspecified atom stereocenters. The molecule has 0 aromatic heterocycles. The Labute approximate surface area is 162 Å². The van der Waals surface area contributed by atoms with Crippen molar-refractivity contribution in [3.63, 3.8) is 0 Å². The Hall–Kier alpha value is -2.32. The van der Waals surface area contributed by atoms with E-state index in [-0.39, 0.29) is 23.8 Å². The third-order valence-corrected chi connectivity index (χ3v) is 4.69. The monoisotopic (exact) mass is 392 g/mol. The molecule has 138 valence electrons. The van der Waals surface area contributed by atoms with Crippen molar-refractivity contribution in [3.8, 4) is 11.5 Å². The molecule has 2 rings (SSSR count). The van der Waals surface area contributed by atoms with Crippen molar-refractivity contribution in [2.24, 2.45) is 0 Å². The molecule has 0 aliphatic heterocycles. The van der Waals surface area contributed by atoms with Crippen molar-refractivity contribution in [2.45, 2.75) is 29.2 Å². The van der Waals surface area contributed by atoms with Gasteiger partial charge in [0.2, 0.25) is 0 Å². The second kappa shape index (κ2) is 7.92. The first kappa shape index (κ1) is 20.0. The van der Waals surface area contributed by atoms with Crippen molar-refractivity contribution in [2.75, 3.05) is 6.54 Å². The van der Waals surface area contributed by atoms with Crippen LogP contribution in [0.5, 0.6) is 11.5 Å². The van der Waals surface area contributed by atoms with Crippen LogP contribution in [0.2, 0.25) is 0 Å². The highest BCUT2D eigenvalue weighted by molar-refractivity contribution is 7.83. The Kier molecular flexibility index (Phi) is 6.09. The minimum absolute atomic E-state index is 0.0511. The maximum atomic E-state index is 12.3. The number of nitrogens with one attached hydrogen (secondary N) is 2. The van der Waals surface area contributed by atoms with Crippen molar-refractivity contribution in [1.29, 1.82) is 0 Å². The van der Waals surface area contributed by atoms with Crippen molar-refractivity contribution in [1.82, 2.24) is 10.6 Å². The fraction of sp³-hybridized carbons (Fsp3) is 0.222. The number of phenols is 2. The van der Waals surface area contributed by atoms with E-state index >= 15 is 0 Å². The first-order chi connectivity index (χ1) is 12.1. The lowest BCUT2D eigenvalue weighted by atomic mass is 10.0. The number of rotatable bonds is 5. The number of hydrogen-bond donors (Lipinski definition) is 6. The van der Waals surface area contributed by atoms with E-state index in [1.54, 1.807) is 32.0 Å². The summed E-state index contributed by atoms with van der Waals surface area (Å²) in [7, 11) is 0. The zero-order chi connectivity index (χ0) is 19.5. The molecule has 0 saturated carbocycles. The molecule has 8 heteroatoms. The Bertz CT molecular complexity index is 853. The highest BCUT2D eigenvalue weighted by Gasteiger charge is 2.24. The minimum atomic E-state index is -0.806. The number of thiol groups is 2. The standard InChI is InChI=1S/C18H20N2O4S2/c1-18(2,20-17(24)10-5-3-7-12(21)14(10)22)9-19-16(23)11-6-4-8-13(25)15(11)26/h3-8,21-22,25-26H,9H2,1-2H3,(H,19,23)(H,20,24). The van der Waals surface area contributed by atoms with E-state index in [9.17, 15) is 19.8 Å². The van der Waals surface area contributed by atoms with E-state index in [2.05, 4.69) is 35.9 Å². The smallest absolute Gasteiger partial charge is 0.255 e. The maximum absolute atomic E-state index is 12.3. The molecule has 0 heterocycles. The maximum Gasteiger partial charge on any atom is 0.255 e. The van der Waals surface area contributed by atoms with Crippen LogP contribution in [0.25, 0.3) is 0 Å². The number of carbonyl (C=O) groups is 2. The quantitative estimate of drug-likeness (QED) is 0.348. The molecule has 2 aromatic rings. The normalized spacial score (nSPS) is 11.1. The zero-order valence-corrected chi connectivity index (χ0v) is 16.1. The number of hydrogen-bond acceptors (Lipinski definition) is 6. The molecule has 2 aromatic carbocycles. The molecule has 2 amide bonds. The predicted molar refractivity (Wildman–Crippen MR) is 105 cm³/mol. The summed E-state index contributed by atoms with van der Waals surface area (Å²) in [5.41, 5.74) is -0.474. The van der Waals surface area contributed by atoms with Crippen LogP contribution in [0.3, 0.4) is 0 Å². The summed E-state index contributed by atoms with van der Waals surface area (Å²) >= 11 is 8.51. The number of phenolic OH excluding ortho intramolecular Hbond substituents is 2. The third-order valence-electron chi connectivity index (χ3n) is 3.66. The van der Waals surface area contributed by atoms with Gasteiger partial charge in [-0.25, -0.2) is 0 Å². The van der Waals surface area contributed by atoms with Gasteiger partial charge >= 0.3 is 0 Å². The number of benzene rings is 2. The zero-order valence-electron chi connectivity index (χ0n) is 14.3. The minimum Gasteiger partial charge on any atom is -0.504 e. The number of carbonyl (C=O) groups excluding carboxylic acids is 2. The molecule has 0 radical (unpaired) electrons. The average Bonchev–Trinajstić information content (AvgIpc) is 2.57. The Morgan fingerprint density at radius 3 is 2.31 bits per heavy atom. The summed E-state index contributed by atoms with van der Waals surface area (Å²) in [5.74, 6) is -1.77. The molecule has 6 nitrogen and oxygen atoms in total. The molecule has 0 bridgehead atoms. The Morgan fingerprint density at radius 1 is 1.00 bits per heavy atom. The molecule has 0 saturated heterocycles. The van der Waals surface area contributed by atoms with Gasteiger partial charge in [-0.3, -0.25) is 9.59 Å². The summed E-state index contributed by atoms with van der Waals surface area (Å²) in [4.78, 5) is 25.7. The highest BCUT2D eigenvalue weighted by Crippen LogP contribution is 2.28. The van der Waals surface area contributed by atoms with Crippen molar-refractivity contribution < 1.29 is 19.8 Å². The van der Waals surface area contributed by atoms with Gasteiger partial charge in [-0.2, -0.15) is 0 Å². The fourth-order valence-electron chi connectivity index (χ4n) is 2.24. The van der Waals surface area contributed by atoms with Gasteiger partial charge in [0.25, 0.3) is 11.8 Å². The van der Waals surface area contributed by atoms with Gasteiger partial charge in [0.1, 0.15) is 0 Å². The molecular weight excluding hydrogens is 372 g/mol. The molecule has 0 aliphatic carbocycles. The lowest BCUT2D eigenvalue weighted by Gasteiger charge is -2.27. The molecule has 0 spiro atoms. The number of para-hydroxylation sites is 1. The lowest BCUT2D eigenvalue weighted by molar-refractivity contribution is 0.0878. The summed E-state index contributed by atoms with van der Waals surface area (Å²) in [6.45, 7) is 3.59. The topological polar surface area (TPSA) is 98.7 Å². The van der Waals surface area contributed by atoms with Gasteiger partial charge in [-0.05, 0) is 38.1 Å². The van der Waals surface area contributed by atoms with Crippen LogP contribution in [0.1, 0.15) is 34.6 Å². The first-order valence-electron chi connectivity index (χ1n) is 7.75. The van der Waals surface area contributed by atoms with Gasteiger partial charge in [0.05, 0.1) is 16.7 Å².